The Bertz CT molecular complexity index is 444. The maximum Gasteiger partial charge on any atom is 0.138 e. The fraction of sp³-hybridized carbons (Fsp3) is 0.111. The maximum atomic E-state index is 8.93. The zero-order chi connectivity index (χ0) is 9.97. The van der Waals surface area contributed by atoms with Crippen molar-refractivity contribution >= 4 is 17.0 Å². The molecule has 0 spiro atoms. The number of hydrogen-bond acceptors (Lipinski definition) is 4. The van der Waals surface area contributed by atoms with Gasteiger partial charge < -0.3 is 10.2 Å². The van der Waals surface area contributed by atoms with E-state index >= 15 is 0 Å². The van der Waals surface area contributed by atoms with E-state index in [0.717, 1.165) is 16.1 Å². The molecule has 0 aliphatic rings. The van der Waals surface area contributed by atoms with E-state index in [0.29, 0.717) is 5.71 Å². The highest BCUT2D eigenvalue weighted by Crippen LogP contribution is 2.16. The van der Waals surface area contributed by atoms with E-state index < -0.39 is 0 Å². The van der Waals surface area contributed by atoms with Crippen LogP contribution in [0.15, 0.2) is 29.1 Å². The van der Waals surface area contributed by atoms with Crippen molar-refractivity contribution < 1.29 is 5.21 Å². The van der Waals surface area contributed by atoms with Crippen LogP contribution in [-0.4, -0.2) is 20.9 Å². The van der Waals surface area contributed by atoms with Gasteiger partial charge in [0.1, 0.15) is 11.4 Å². The van der Waals surface area contributed by atoms with Gasteiger partial charge in [-0.25, -0.2) is 4.98 Å². The number of hydrogen-bond donors (Lipinski definition) is 2. The van der Waals surface area contributed by atoms with Crippen molar-refractivity contribution in [2.24, 2.45) is 5.16 Å². The molecule has 0 aliphatic heterocycles. The van der Waals surface area contributed by atoms with E-state index in [1.807, 2.05) is 13.0 Å². The molecule has 0 unspecified atom stereocenters. The van der Waals surface area contributed by atoms with Gasteiger partial charge in [0.15, 0.2) is 0 Å². The van der Waals surface area contributed by atoms with Crippen molar-refractivity contribution in [3.05, 3.63) is 40.1 Å². The van der Waals surface area contributed by atoms with E-state index in [1.54, 1.807) is 17.9 Å². The van der Waals surface area contributed by atoms with E-state index in [2.05, 4.69) is 15.1 Å². The molecule has 2 aromatic heterocycles. The molecule has 4 nitrogen and oxygen atoms in total. The minimum Gasteiger partial charge on any atom is -0.410 e. The lowest BCUT2D eigenvalue weighted by molar-refractivity contribution is 0.319. The zero-order valence-corrected chi connectivity index (χ0v) is 8.38. The molecule has 2 heterocycles. The van der Waals surface area contributed by atoms with E-state index in [4.69, 9.17) is 5.21 Å². The van der Waals surface area contributed by atoms with Gasteiger partial charge in [0, 0.05) is 22.8 Å². The van der Waals surface area contributed by atoms with Crippen LogP contribution >= 0.6 is 11.3 Å². The van der Waals surface area contributed by atoms with Crippen LogP contribution in [0.5, 0.6) is 0 Å². The Morgan fingerprint density at radius 2 is 2.50 bits per heavy atom. The van der Waals surface area contributed by atoms with Crippen LogP contribution in [0, 0.1) is 6.92 Å². The van der Waals surface area contributed by atoms with Gasteiger partial charge in [-0.2, -0.15) is 0 Å². The normalized spacial score (nSPS) is 11.9. The summed E-state index contributed by atoms with van der Waals surface area (Å²) in [6.07, 6.45) is 3.55. The molecular formula is C9H9N3OS. The molecule has 72 valence electrons. The first-order valence-corrected chi connectivity index (χ1v) is 4.96. The number of oxime groups is 1. The van der Waals surface area contributed by atoms with E-state index in [9.17, 15) is 0 Å². The average molecular weight is 207 g/mol. The Hall–Kier alpha value is -1.62. The highest BCUT2D eigenvalue weighted by atomic mass is 32.1. The summed E-state index contributed by atoms with van der Waals surface area (Å²) in [6.45, 7) is 1.95. The summed E-state index contributed by atoms with van der Waals surface area (Å²) in [5, 5.41) is 12.2. The summed E-state index contributed by atoms with van der Waals surface area (Å²) < 4.78 is 0. The molecule has 0 aromatic carbocycles. The lowest BCUT2D eigenvalue weighted by atomic mass is 10.1. The number of H-pyrrole nitrogens is 1. The van der Waals surface area contributed by atoms with Crippen LogP contribution in [0.3, 0.4) is 0 Å². The Labute approximate surface area is 84.9 Å². The molecule has 0 bridgehead atoms. The van der Waals surface area contributed by atoms with Crippen LogP contribution < -0.4 is 0 Å². The summed E-state index contributed by atoms with van der Waals surface area (Å²) >= 11 is 1.53. The van der Waals surface area contributed by atoms with Crippen LogP contribution in [0.4, 0.5) is 0 Å². The largest absolute Gasteiger partial charge is 0.410 e. The second-order valence-electron chi connectivity index (χ2n) is 2.81. The smallest absolute Gasteiger partial charge is 0.138 e. The number of thiazole rings is 1. The van der Waals surface area contributed by atoms with Crippen molar-refractivity contribution in [3.8, 4) is 0 Å². The number of aromatic nitrogens is 2. The monoisotopic (exact) mass is 207 g/mol. The summed E-state index contributed by atoms with van der Waals surface area (Å²) in [5.41, 5.74) is 3.81. The van der Waals surface area contributed by atoms with Crippen LogP contribution in [0.2, 0.25) is 0 Å². The average Bonchev–Trinajstić information content (AvgIpc) is 2.80. The number of aryl methyl sites for hydroxylation is 1. The van der Waals surface area contributed by atoms with Crippen molar-refractivity contribution in [2.75, 3.05) is 0 Å². The van der Waals surface area contributed by atoms with Crippen LogP contribution in [0.1, 0.15) is 16.1 Å². The van der Waals surface area contributed by atoms with Crippen LogP contribution in [0.25, 0.3) is 0 Å². The quantitative estimate of drug-likeness (QED) is 0.449. The minimum atomic E-state index is 0.505. The van der Waals surface area contributed by atoms with Gasteiger partial charge in [-0.1, -0.05) is 5.16 Å². The van der Waals surface area contributed by atoms with Crippen molar-refractivity contribution in [2.45, 2.75) is 6.92 Å². The first kappa shape index (κ1) is 8.96. The summed E-state index contributed by atoms with van der Waals surface area (Å²) in [7, 11) is 0. The molecular weight excluding hydrogens is 198 g/mol. The number of aromatic amines is 1. The summed E-state index contributed by atoms with van der Waals surface area (Å²) in [4.78, 5) is 8.11. The van der Waals surface area contributed by atoms with Gasteiger partial charge >= 0.3 is 0 Å². The van der Waals surface area contributed by atoms with Gasteiger partial charge in [0.05, 0.1) is 5.51 Å². The number of rotatable bonds is 2. The third kappa shape index (κ3) is 1.42. The highest BCUT2D eigenvalue weighted by Gasteiger charge is 2.13. The maximum absolute atomic E-state index is 8.93. The van der Waals surface area contributed by atoms with Crippen molar-refractivity contribution in [1.29, 1.82) is 0 Å². The van der Waals surface area contributed by atoms with E-state index in [1.165, 1.54) is 11.3 Å². The molecule has 0 aliphatic carbocycles. The van der Waals surface area contributed by atoms with E-state index in [-0.39, 0.29) is 0 Å². The Kier molecular flexibility index (Phi) is 2.32. The molecule has 2 N–H and O–H groups in total. The molecule has 2 aromatic rings. The molecule has 14 heavy (non-hydrogen) atoms. The number of nitrogens with one attached hydrogen (secondary N) is 1. The number of nitrogens with zero attached hydrogens (tertiary/aromatic N) is 2. The fourth-order valence-corrected chi connectivity index (χ4v) is 1.82. The molecule has 0 atom stereocenters. The Morgan fingerprint density at radius 1 is 1.64 bits per heavy atom. The Balaban J connectivity index is 2.47. The lowest BCUT2D eigenvalue weighted by Gasteiger charge is -1.98. The van der Waals surface area contributed by atoms with Gasteiger partial charge in [-0.05, 0) is 13.0 Å². The van der Waals surface area contributed by atoms with Gasteiger partial charge in [-0.3, -0.25) is 0 Å². The summed E-state index contributed by atoms with van der Waals surface area (Å²) in [6, 6.07) is 1.84. The molecule has 0 fully saturated rings. The summed E-state index contributed by atoms with van der Waals surface area (Å²) in [5.74, 6) is 0. The second kappa shape index (κ2) is 3.63. The third-order valence-corrected chi connectivity index (χ3v) is 2.70. The van der Waals surface area contributed by atoms with Crippen LogP contribution in [-0.2, 0) is 0 Å². The topological polar surface area (TPSA) is 61.3 Å². The molecule has 5 heteroatoms. The van der Waals surface area contributed by atoms with Crippen molar-refractivity contribution in [3.63, 3.8) is 0 Å². The molecule has 0 saturated heterocycles. The Morgan fingerprint density at radius 3 is 3.00 bits per heavy atom. The second-order valence-corrected chi connectivity index (χ2v) is 3.86. The van der Waals surface area contributed by atoms with Gasteiger partial charge in [0.25, 0.3) is 0 Å². The van der Waals surface area contributed by atoms with Gasteiger partial charge in [0.2, 0.25) is 0 Å². The molecule has 0 saturated carbocycles. The zero-order valence-electron chi connectivity index (χ0n) is 7.56. The minimum absolute atomic E-state index is 0.505. The third-order valence-electron chi connectivity index (χ3n) is 1.94. The standard InChI is InChI=1S/C9H9N3OS/c1-6-8(11-5-14-6)9(12-13)7-2-3-10-4-7/h2-5,10,13H,1H3/b12-9+. The molecule has 0 radical (unpaired) electrons. The highest BCUT2D eigenvalue weighted by molar-refractivity contribution is 7.09. The first-order valence-electron chi connectivity index (χ1n) is 4.08. The lowest BCUT2D eigenvalue weighted by Crippen LogP contribution is -2.03. The molecule has 2 rings (SSSR count). The van der Waals surface area contributed by atoms with Gasteiger partial charge in [-0.15, -0.1) is 11.3 Å². The first-order chi connectivity index (χ1) is 6.83. The predicted octanol–water partition coefficient (Wildman–Crippen LogP) is 2.01. The fourth-order valence-electron chi connectivity index (χ4n) is 1.25. The predicted molar refractivity (Wildman–Crippen MR) is 55.1 cm³/mol. The van der Waals surface area contributed by atoms with Crippen molar-refractivity contribution in [1.82, 2.24) is 9.97 Å². The molecule has 0 amide bonds. The SMILES string of the molecule is Cc1scnc1/C(=N/O)c1cc[nH]c1.